The van der Waals surface area contributed by atoms with Gasteiger partial charge in [0, 0.05) is 12.0 Å². The number of hydrogen-bond donors (Lipinski definition) is 0. The predicted octanol–water partition coefficient (Wildman–Crippen LogP) is 4.48. The molecular formula is C20H21NO. The number of nitrogens with zero attached hydrogens (tertiary/aromatic N) is 1. The molecule has 112 valence electrons. The molecule has 1 amide bonds. The average Bonchev–Trinajstić information content (AvgIpc) is 2.47. The van der Waals surface area contributed by atoms with Gasteiger partial charge in [-0.25, -0.2) is 4.99 Å². The maximum atomic E-state index is 12.3. The highest BCUT2D eigenvalue weighted by Gasteiger charge is 2.22. The number of hydrogen-bond acceptors (Lipinski definition) is 1. The molecule has 0 aliphatic carbocycles. The molecule has 2 aromatic rings. The van der Waals surface area contributed by atoms with Crippen molar-refractivity contribution in [2.75, 3.05) is 0 Å². The molecular weight excluding hydrogens is 270 g/mol. The highest BCUT2D eigenvalue weighted by Crippen LogP contribution is 2.25. The minimum absolute atomic E-state index is 0.125. The summed E-state index contributed by atoms with van der Waals surface area (Å²) in [6.07, 6.45) is 0.725. The van der Waals surface area contributed by atoms with Gasteiger partial charge in [0.25, 0.3) is 5.91 Å². The zero-order chi connectivity index (χ0) is 15.9. The van der Waals surface area contributed by atoms with Gasteiger partial charge in [0.1, 0.15) is 0 Å². The third kappa shape index (κ3) is 2.61. The Hall–Kier alpha value is -2.22. The third-order valence-electron chi connectivity index (χ3n) is 4.31. The average molecular weight is 291 g/mol. The number of aliphatic imine (C=N–C) groups is 1. The van der Waals surface area contributed by atoms with Gasteiger partial charge in [0.05, 0.1) is 5.71 Å². The van der Waals surface area contributed by atoms with Gasteiger partial charge in [-0.3, -0.25) is 4.79 Å². The van der Waals surface area contributed by atoms with Crippen LogP contribution in [0, 0.1) is 6.92 Å². The van der Waals surface area contributed by atoms with Gasteiger partial charge in [-0.15, -0.1) is 0 Å². The van der Waals surface area contributed by atoms with Gasteiger partial charge < -0.3 is 0 Å². The van der Waals surface area contributed by atoms with Crippen molar-refractivity contribution >= 4 is 11.6 Å². The van der Waals surface area contributed by atoms with Crippen LogP contribution >= 0.6 is 0 Å². The van der Waals surface area contributed by atoms with Gasteiger partial charge in [0.15, 0.2) is 0 Å². The van der Waals surface area contributed by atoms with Crippen molar-refractivity contribution in [1.82, 2.24) is 0 Å². The van der Waals surface area contributed by atoms with Crippen LogP contribution in [-0.4, -0.2) is 11.6 Å². The molecule has 2 heteroatoms. The number of fused-ring (bicyclic) bond motifs is 1. The molecule has 0 unspecified atom stereocenters. The van der Waals surface area contributed by atoms with Crippen molar-refractivity contribution in [3.8, 4) is 0 Å². The first-order chi connectivity index (χ1) is 10.4. The van der Waals surface area contributed by atoms with Crippen molar-refractivity contribution in [3.63, 3.8) is 0 Å². The van der Waals surface area contributed by atoms with Crippen LogP contribution in [0.4, 0.5) is 0 Å². The maximum absolute atomic E-state index is 12.3. The largest absolute Gasteiger partial charge is 0.277 e. The van der Waals surface area contributed by atoms with Crippen molar-refractivity contribution in [3.05, 3.63) is 70.3 Å². The number of amides is 1. The van der Waals surface area contributed by atoms with Crippen LogP contribution in [0.15, 0.2) is 47.5 Å². The summed E-state index contributed by atoms with van der Waals surface area (Å²) >= 11 is 0. The lowest BCUT2D eigenvalue weighted by Gasteiger charge is -2.20. The Labute approximate surface area is 131 Å². The summed E-state index contributed by atoms with van der Waals surface area (Å²) in [6.45, 7) is 8.65. The predicted molar refractivity (Wildman–Crippen MR) is 90.9 cm³/mol. The summed E-state index contributed by atoms with van der Waals surface area (Å²) in [6, 6.07) is 14.3. The molecule has 0 saturated heterocycles. The monoisotopic (exact) mass is 291 g/mol. The fraction of sp³-hybridized carbons (Fsp3) is 0.300. The van der Waals surface area contributed by atoms with Gasteiger partial charge in [-0.05, 0) is 40.7 Å². The van der Waals surface area contributed by atoms with E-state index in [9.17, 15) is 4.79 Å². The van der Waals surface area contributed by atoms with Crippen LogP contribution in [0.3, 0.4) is 0 Å². The first kappa shape index (κ1) is 14.7. The number of benzene rings is 2. The van der Waals surface area contributed by atoms with Crippen LogP contribution in [0.1, 0.15) is 53.4 Å². The van der Waals surface area contributed by atoms with Crippen molar-refractivity contribution in [2.45, 2.75) is 39.5 Å². The van der Waals surface area contributed by atoms with Crippen LogP contribution in [0.25, 0.3) is 0 Å². The van der Waals surface area contributed by atoms with E-state index in [4.69, 9.17) is 0 Å². The van der Waals surface area contributed by atoms with Crippen molar-refractivity contribution in [2.24, 2.45) is 4.99 Å². The number of rotatable bonds is 1. The SMILES string of the molecule is Cc1cccc2c1CC(c1ccc(C(C)(C)C)cc1)=NC2=O. The van der Waals surface area contributed by atoms with E-state index >= 15 is 0 Å². The van der Waals surface area contributed by atoms with Gasteiger partial charge >= 0.3 is 0 Å². The van der Waals surface area contributed by atoms with E-state index in [1.165, 1.54) is 5.56 Å². The topological polar surface area (TPSA) is 29.4 Å². The molecule has 0 spiro atoms. The number of aryl methyl sites for hydroxylation is 1. The molecule has 0 aromatic heterocycles. The first-order valence-electron chi connectivity index (χ1n) is 7.67. The Morgan fingerprint density at radius 2 is 1.68 bits per heavy atom. The lowest BCUT2D eigenvalue weighted by atomic mass is 9.85. The minimum Gasteiger partial charge on any atom is -0.267 e. The molecule has 1 aliphatic heterocycles. The standard InChI is InChI=1S/C20H21NO/c1-13-6-5-7-16-17(13)12-18(21-19(16)22)14-8-10-15(11-9-14)20(2,3)4/h5-11H,12H2,1-4H3. The van der Waals surface area contributed by atoms with E-state index in [2.05, 4.69) is 63.0 Å². The molecule has 0 radical (unpaired) electrons. The summed E-state index contributed by atoms with van der Waals surface area (Å²) in [5, 5.41) is 0. The molecule has 1 heterocycles. The summed E-state index contributed by atoms with van der Waals surface area (Å²) in [4.78, 5) is 16.6. The Bertz CT molecular complexity index is 761. The second-order valence-corrected chi connectivity index (χ2v) is 6.97. The van der Waals surface area contributed by atoms with E-state index in [1.807, 2.05) is 12.1 Å². The molecule has 2 aromatic carbocycles. The lowest BCUT2D eigenvalue weighted by Crippen LogP contribution is -2.19. The quantitative estimate of drug-likeness (QED) is 0.761. The summed E-state index contributed by atoms with van der Waals surface area (Å²) in [5.41, 5.74) is 6.33. The molecule has 0 fully saturated rings. The van der Waals surface area contributed by atoms with E-state index in [0.29, 0.717) is 0 Å². The molecule has 0 N–H and O–H groups in total. The lowest BCUT2D eigenvalue weighted by molar-refractivity contribution is 0.1000. The van der Waals surface area contributed by atoms with Crippen LogP contribution in [-0.2, 0) is 11.8 Å². The van der Waals surface area contributed by atoms with Crippen LogP contribution < -0.4 is 0 Å². The fourth-order valence-electron chi connectivity index (χ4n) is 2.86. The van der Waals surface area contributed by atoms with E-state index in [-0.39, 0.29) is 11.3 Å². The highest BCUT2D eigenvalue weighted by atomic mass is 16.1. The molecule has 0 atom stereocenters. The molecule has 3 rings (SSSR count). The molecule has 0 saturated carbocycles. The van der Waals surface area contributed by atoms with Gasteiger partial charge in [0.2, 0.25) is 0 Å². The summed E-state index contributed by atoms with van der Waals surface area (Å²) in [5.74, 6) is -0.125. The van der Waals surface area contributed by atoms with Crippen molar-refractivity contribution < 1.29 is 4.79 Å². The number of carbonyl (C=O) groups is 1. The van der Waals surface area contributed by atoms with Crippen molar-refractivity contribution in [1.29, 1.82) is 0 Å². The second kappa shape index (κ2) is 5.20. The van der Waals surface area contributed by atoms with E-state index in [0.717, 1.165) is 34.4 Å². The Morgan fingerprint density at radius 3 is 2.32 bits per heavy atom. The van der Waals surface area contributed by atoms with E-state index < -0.39 is 0 Å². The highest BCUT2D eigenvalue weighted by molar-refractivity contribution is 6.15. The zero-order valence-electron chi connectivity index (χ0n) is 13.6. The van der Waals surface area contributed by atoms with Crippen LogP contribution in [0.2, 0.25) is 0 Å². The maximum Gasteiger partial charge on any atom is 0.277 e. The Kier molecular flexibility index (Phi) is 3.48. The molecule has 0 bridgehead atoms. The van der Waals surface area contributed by atoms with Crippen LogP contribution in [0.5, 0.6) is 0 Å². The molecule has 2 nitrogen and oxygen atoms in total. The smallest absolute Gasteiger partial charge is 0.267 e. The fourth-order valence-corrected chi connectivity index (χ4v) is 2.86. The molecule has 22 heavy (non-hydrogen) atoms. The third-order valence-corrected chi connectivity index (χ3v) is 4.31. The summed E-state index contributed by atoms with van der Waals surface area (Å²) in [7, 11) is 0. The number of carbonyl (C=O) groups excluding carboxylic acids is 1. The second-order valence-electron chi connectivity index (χ2n) is 6.97. The van der Waals surface area contributed by atoms with E-state index in [1.54, 1.807) is 0 Å². The Morgan fingerprint density at radius 1 is 1.00 bits per heavy atom. The van der Waals surface area contributed by atoms with Gasteiger partial charge in [-0.2, -0.15) is 0 Å². The summed E-state index contributed by atoms with van der Waals surface area (Å²) < 4.78 is 0. The first-order valence-corrected chi connectivity index (χ1v) is 7.67. The van der Waals surface area contributed by atoms with Gasteiger partial charge in [-0.1, -0.05) is 57.2 Å². The molecule has 1 aliphatic rings. The minimum atomic E-state index is -0.125. The Balaban J connectivity index is 1.97. The zero-order valence-corrected chi connectivity index (χ0v) is 13.6. The normalized spacial score (nSPS) is 14.5.